The van der Waals surface area contributed by atoms with Crippen LogP contribution in [0.2, 0.25) is 0 Å². The molecular formula is C19H21N5O2. The van der Waals surface area contributed by atoms with Gasteiger partial charge in [0.1, 0.15) is 11.7 Å². The Balaban J connectivity index is 1.85. The lowest BCUT2D eigenvalue weighted by Gasteiger charge is -2.16. The van der Waals surface area contributed by atoms with Gasteiger partial charge in [-0.15, -0.1) is 10.2 Å². The van der Waals surface area contributed by atoms with E-state index in [-0.39, 0.29) is 5.91 Å². The van der Waals surface area contributed by atoms with Crippen LogP contribution < -0.4 is 10.1 Å². The third kappa shape index (κ3) is 4.05. The summed E-state index contributed by atoms with van der Waals surface area (Å²) in [5.74, 6) is 0.367. The highest BCUT2D eigenvalue weighted by atomic mass is 16.5. The first-order valence-corrected chi connectivity index (χ1v) is 8.46. The molecule has 0 bridgehead atoms. The molecule has 3 aromatic rings. The van der Waals surface area contributed by atoms with E-state index in [1.54, 1.807) is 7.11 Å². The molecule has 2 aromatic carbocycles. The van der Waals surface area contributed by atoms with Gasteiger partial charge in [0.25, 0.3) is 0 Å². The van der Waals surface area contributed by atoms with Crippen molar-refractivity contribution >= 4 is 11.6 Å². The number of nitrogens with zero attached hydrogens (tertiary/aromatic N) is 3. The molecule has 1 aromatic heterocycles. The van der Waals surface area contributed by atoms with Crippen LogP contribution in [-0.4, -0.2) is 33.6 Å². The van der Waals surface area contributed by atoms with Gasteiger partial charge in [-0.05, 0) is 42.2 Å². The Labute approximate surface area is 151 Å². The highest BCUT2D eigenvalue weighted by molar-refractivity contribution is 5.96. The Morgan fingerprint density at radius 2 is 2.08 bits per heavy atom. The topological polar surface area (TPSA) is 92.8 Å². The van der Waals surface area contributed by atoms with E-state index in [1.807, 2.05) is 48.5 Å². The van der Waals surface area contributed by atoms with Crippen molar-refractivity contribution in [3.8, 4) is 5.75 Å². The van der Waals surface area contributed by atoms with E-state index in [0.29, 0.717) is 12.2 Å². The fraction of sp³-hybridized carbons (Fsp3) is 0.263. The molecule has 1 atom stereocenters. The average molecular weight is 351 g/mol. The molecule has 7 heteroatoms. The Morgan fingerprint density at radius 1 is 1.23 bits per heavy atom. The molecule has 0 aliphatic rings. The molecular weight excluding hydrogens is 330 g/mol. The van der Waals surface area contributed by atoms with E-state index >= 15 is 0 Å². The number of aryl methyl sites for hydroxylation is 1. The molecule has 1 heterocycles. The second kappa shape index (κ2) is 8.24. The number of tetrazole rings is 1. The summed E-state index contributed by atoms with van der Waals surface area (Å²) in [5, 5.41) is 17.1. The van der Waals surface area contributed by atoms with Crippen molar-refractivity contribution in [1.82, 2.24) is 20.6 Å². The Hall–Kier alpha value is -3.22. The SMILES string of the molecule is CCc1ccccc1NC(=O)[C@H](Cc1cccc(OC)c1)c1nn[nH]n1. The van der Waals surface area contributed by atoms with Crippen LogP contribution in [0, 0.1) is 0 Å². The van der Waals surface area contributed by atoms with Crippen LogP contribution in [0.5, 0.6) is 5.75 Å². The van der Waals surface area contributed by atoms with E-state index in [0.717, 1.165) is 29.0 Å². The smallest absolute Gasteiger partial charge is 0.235 e. The van der Waals surface area contributed by atoms with Crippen molar-refractivity contribution in [3.63, 3.8) is 0 Å². The first-order valence-electron chi connectivity index (χ1n) is 8.46. The maximum absolute atomic E-state index is 13.0. The van der Waals surface area contributed by atoms with Gasteiger partial charge >= 0.3 is 0 Å². The standard InChI is InChI=1S/C19H21N5O2/c1-3-14-8-4-5-10-17(14)20-19(25)16(18-21-23-24-22-18)12-13-7-6-9-15(11-13)26-2/h4-11,16H,3,12H2,1-2H3,(H,20,25)(H,21,22,23,24)/t16-/m1/s1. The van der Waals surface area contributed by atoms with Crippen LogP contribution >= 0.6 is 0 Å². The van der Waals surface area contributed by atoms with Gasteiger partial charge in [-0.2, -0.15) is 5.21 Å². The van der Waals surface area contributed by atoms with Crippen molar-refractivity contribution in [2.45, 2.75) is 25.7 Å². The number of para-hydroxylation sites is 1. The average Bonchev–Trinajstić information content (AvgIpc) is 3.21. The number of aromatic nitrogens is 4. The summed E-state index contributed by atoms with van der Waals surface area (Å²) in [6.07, 6.45) is 1.27. The molecule has 134 valence electrons. The largest absolute Gasteiger partial charge is 0.497 e. The minimum Gasteiger partial charge on any atom is -0.497 e. The number of methoxy groups -OCH3 is 1. The van der Waals surface area contributed by atoms with E-state index < -0.39 is 5.92 Å². The number of rotatable bonds is 7. The molecule has 0 aliphatic heterocycles. The number of hydrogen-bond donors (Lipinski definition) is 2. The maximum Gasteiger partial charge on any atom is 0.235 e. The van der Waals surface area contributed by atoms with Crippen molar-refractivity contribution < 1.29 is 9.53 Å². The zero-order chi connectivity index (χ0) is 18.4. The summed E-state index contributed by atoms with van der Waals surface area (Å²) >= 11 is 0. The van der Waals surface area contributed by atoms with Gasteiger partial charge in [0, 0.05) is 5.69 Å². The lowest BCUT2D eigenvalue weighted by Crippen LogP contribution is -2.24. The van der Waals surface area contributed by atoms with E-state index in [4.69, 9.17) is 4.74 Å². The quantitative estimate of drug-likeness (QED) is 0.683. The number of aromatic amines is 1. The molecule has 1 amide bonds. The summed E-state index contributed by atoms with van der Waals surface area (Å²) in [6, 6.07) is 15.4. The number of hydrogen-bond acceptors (Lipinski definition) is 5. The summed E-state index contributed by atoms with van der Waals surface area (Å²) in [6.45, 7) is 2.05. The predicted octanol–water partition coefficient (Wildman–Crippen LogP) is 2.74. The Kier molecular flexibility index (Phi) is 5.58. The van der Waals surface area contributed by atoms with Crippen LogP contribution in [0.1, 0.15) is 29.8 Å². The Morgan fingerprint density at radius 3 is 2.81 bits per heavy atom. The van der Waals surface area contributed by atoms with Crippen LogP contribution in [0.3, 0.4) is 0 Å². The molecule has 0 fully saturated rings. The summed E-state index contributed by atoms with van der Waals surface area (Å²) < 4.78 is 5.26. The molecule has 0 aliphatic carbocycles. The lowest BCUT2D eigenvalue weighted by atomic mass is 9.97. The minimum atomic E-state index is -0.564. The number of H-pyrrole nitrogens is 1. The molecule has 0 unspecified atom stereocenters. The van der Waals surface area contributed by atoms with Crippen LogP contribution in [-0.2, 0) is 17.6 Å². The number of nitrogens with one attached hydrogen (secondary N) is 2. The van der Waals surface area contributed by atoms with Crippen molar-refractivity contribution in [2.24, 2.45) is 0 Å². The molecule has 0 saturated carbocycles. The van der Waals surface area contributed by atoms with Gasteiger partial charge in [-0.3, -0.25) is 4.79 Å². The summed E-state index contributed by atoms with van der Waals surface area (Å²) in [4.78, 5) is 13.0. The highest BCUT2D eigenvalue weighted by Gasteiger charge is 2.26. The number of benzene rings is 2. The molecule has 2 N–H and O–H groups in total. The zero-order valence-electron chi connectivity index (χ0n) is 14.8. The third-order valence-corrected chi connectivity index (χ3v) is 4.22. The van der Waals surface area contributed by atoms with Gasteiger partial charge in [-0.25, -0.2) is 0 Å². The fourth-order valence-corrected chi connectivity index (χ4v) is 2.82. The van der Waals surface area contributed by atoms with Crippen molar-refractivity contribution in [1.29, 1.82) is 0 Å². The number of ether oxygens (including phenoxy) is 1. The first-order chi connectivity index (χ1) is 12.7. The lowest BCUT2D eigenvalue weighted by molar-refractivity contribution is -0.117. The number of carbonyl (C=O) groups is 1. The van der Waals surface area contributed by atoms with Gasteiger partial charge in [0.2, 0.25) is 5.91 Å². The number of amides is 1. The third-order valence-electron chi connectivity index (χ3n) is 4.22. The molecule has 26 heavy (non-hydrogen) atoms. The summed E-state index contributed by atoms with van der Waals surface area (Å²) in [5.41, 5.74) is 2.84. The normalized spacial score (nSPS) is 11.8. The highest BCUT2D eigenvalue weighted by Crippen LogP contribution is 2.23. The van der Waals surface area contributed by atoms with Crippen LogP contribution in [0.4, 0.5) is 5.69 Å². The second-order valence-electron chi connectivity index (χ2n) is 5.88. The molecule has 0 saturated heterocycles. The predicted molar refractivity (Wildman–Crippen MR) is 98.1 cm³/mol. The number of anilines is 1. The van der Waals surface area contributed by atoms with Gasteiger partial charge < -0.3 is 10.1 Å². The van der Waals surface area contributed by atoms with E-state index in [2.05, 4.69) is 32.9 Å². The summed E-state index contributed by atoms with van der Waals surface area (Å²) in [7, 11) is 1.62. The molecule has 0 spiro atoms. The Bertz CT molecular complexity index is 864. The number of carbonyl (C=O) groups excluding carboxylic acids is 1. The first kappa shape index (κ1) is 17.6. The second-order valence-corrected chi connectivity index (χ2v) is 5.88. The molecule has 3 rings (SSSR count). The molecule has 7 nitrogen and oxygen atoms in total. The van der Waals surface area contributed by atoms with Gasteiger partial charge in [0.15, 0.2) is 5.82 Å². The van der Waals surface area contributed by atoms with Crippen LogP contribution in [0.15, 0.2) is 48.5 Å². The maximum atomic E-state index is 13.0. The van der Waals surface area contributed by atoms with E-state index in [1.165, 1.54) is 0 Å². The van der Waals surface area contributed by atoms with Crippen molar-refractivity contribution in [3.05, 3.63) is 65.5 Å². The monoisotopic (exact) mass is 351 g/mol. The minimum absolute atomic E-state index is 0.171. The van der Waals surface area contributed by atoms with Gasteiger partial charge in [0.05, 0.1) is 7.11 Å². The van der Waals surface area contributed by atoms with Crippen molar-refractivity contribution in [2.75, 3.05) is 12.4 Å². The molecule has 0 radical (unpaired) electrons. The zero-order valence-corrected chi connectivity index (χ0v) is 14.8. The van der Waals surface area contributed by atoms with E-state index in [9.17, 15) is 4.79 Å². The van der Waals surface area contributed by atoms with Crippen LogP contribution in [0.25, 0.3) is 0 Å². The van der Waals surface area contributed by atoms with Gasteiger partial charge in [-0.1, -0.05) is 42.5 Å². The fourth-order valence-electron chi connectivity index (χ4n) is 2.82.